The van der Waals surface area contributed by atoms with Crippen LogP contribution in [-0.4, -0.2) is 35.0 Å². The predicted molar refractivity (Wildman–Crippen MR) is 81.8 cm³/mol. The number of likely N-dealkylation sites (tertiary alicyclic amines) is 1. The van der Waals surface area contributed by atoms with E-state index in [2.05, 4.69) is 6.07 Å². The van der Waals surface area contributed by atoms with Crippen LogP contribution in [0.2, 0.25) is 0 Å². The third kappa shape index (κ3) is 2.84. The molecule has 1 unspecified atom stereocenters. The molecule has 2 aliphatic rings. The van der Waals surface area contributed by atoms with E-state index in [9.17, 15) is 9.59 Å². The highest BCUT2D eigenvalue weighted by atomic mass is 32.1. The SMILES string of the molecule is CC(C(=O)O)C1CN(C(=O)c2cc3c(s2)CCCCC3)C1. The van der Waals surface area contributed by atoms with E-state index in [4.69, 9.17) is 5.11 Å². The fourth-order valence-corrected chi connectivity index (χ4v) is 4.35. The lowest BCUT2D eigenvalue weighted by atomic mass is 9.87. The molecule has 5 heteroatoms. The lowest BCUT2D eigenvalue weighted by molar-refractivity contribution is -0.144. The summed E-state index contributed by atoms with van der Waals surface area (Å²) < 4.78 is 0. The number of rotatable bonds is 3. The van der Waals surface area contributed by atoms with Gasteiger partial charge in [-0.15, -0.1) is 11.3 Å². The number of aliphatic carboxylic acids is 1. The highest BCUT2D eigenvalue weighted by Crippen LogP contribution is 2.32. The molecule has 1 aromatic heterocycles. The molecule has 1 atom stereocenters. The maximum Gasteiger partial charge on any atom is 0.306 e. The third-order valence-corrected chi connectivity index (χ3v) is 5.98. The van der Waals surface area contributed by atoms with E-state index < -0.39 is 5.97 Å². The molecule has 1 aliphatic heterocycles. The number of carboxylic acids is 1. The van der Waals surface area contributed by atoms with Crippen LogP contribution in [0.1, 0.15) is 46.3 Å². The molecule has 1 aromatic rings. The second kappa shape index (κ2) is 5.79. The summed E-state index contributed by atoms with van der Waals surface area (Å²) in [4.78, 5) is 27.4. The van der Waals surface area contributed by atoms with Gasteiger partial charge in [-0.25, -0.2) is 0 Å². The van der Waals surface area contributed by atoms with Crippen molar-refractivity contribution in [3.05, 3.63) is 21.4 Å². The molecule has 2 heterocycles. The minimum Gasteiger partial charge on any atom is -0.481 e. The summed E-state index contributed by atoms with van der Waals surface area (Å²) in [5, 5.41) is 9.00. The van der Waals surface area contributed by atoms with Gasteiger partial charge in [-0.2, -0.15) is 0 Å². The van der Waals surface area contributed by atoms with Gasteiger partial charge in [0.25, 0.3) is 5.91 Å². The van der Waals surface area contributed by atoms with Crippen LogP contribution in [0, 0.1) is 11.8 Å². The van der Waals surface area contributed by atoms with Crippen molar-refractivity contribution in [2.45, 2.75) is 39.0 Å². The number of carbonyl (C=O) groups excluding carboxylic acids is 1. The first-order chi connectivity index (χ1) is 10.1. The van der Waals surface area contributed by atoms with Crippen LogP contribution >= 0.6 is 11.3 Å². The van der Waals surface area contributed by atoms with Crippen LogP contribution in [0.4, 0.5) is 0 Å². The van der Waals surface area contributed by atoms with Crippen LogP contribution in [0.15, 0.2) is 6.07 Å². The minimum absolute atomic E-state index is 0.0851. The second-order valence-corrected chi connectivity index (χ2v) is 7.35. The standard InChI is InChI=1S/C16H21NO3S/c1-10(16(19)20)12-8-17(9-12)15(18)14-7-11-5-3-2-4-6-13(11)21-14/h7,10,12H,2-6,8-9H2,1H3,(H,19,20). The number of fused-ring (bicyclic) bond motifs is 1. The zero-order valence-corrected chi connectivity index (χ0v) is 13.1. The molecule has 21 heavy (non-hydrogen) atoms. The number of nitrogens with zero attached hydrogens (tertiary/aromatic N) is 1. The van der Waals surface area contributed by atoms with E-state index >= 15 is 0 Å². The fraction of sp³-hybridized carbons (Fsp3) is 0.625. The van der Waals surface area contributed by atoms with Gasteiger partial charge < -0.3 is 10.0 Å². The van der Waals surface area contributed by atoms with Gasteiger partial charge >= 0.3 is 5.97 Å². The Hall–Kier alpha value is -1.36. The zero-order chi connectivity index (χ0) is 15.0. The first-order valence-corrected chi connectivity index (χ1v) is 8.51. The van der Waals surface area contributed by atoms with Crippen molar-refractivity contribution in [2.24, 2.45) is 11.8 Å². The molecular weight excluding hydrogens is 286 g/mol. The van der Waals surface area contributed by atoms with E-state index in [1.165, 1.54) is 29.7 Å². The third-order valence-electron chi connectivity index (χ3n) is 4.75. The van der Waals surface area contributed by atoms with Gasteiger partial charge in [0.1, 0.15) is 0 Å². The minimum atomic E-state index is -0.769. The molecule has 1 aliphatic carbocycles. The summed E-state index contributed by atoms with van der Waals surface area (Å²) in [7, 11) is 0. The lowest BCUT2D eigenvalue weighted by Crippen LogP contribution is -2.53. The number of thiophene rings is 1. The van der Waals surface area contributed by atoms with Crippen molar-refractivity contribution >= 4 is 23.2 Å². The van der Waals surface area contributed by atoms with Crippen molar-refractivity contribution in [3.63, 3.8) is 0 Å². The molecular formula is C16H21NO3S. The maximum atomic E-state index is 12.5. The zero-order valence-electron chi connectivity index (χ0n) is 12.3. The van der Waals surface area contributed by atoms with Gasteiger partial charge in [0.15, 0.2) is 0 Å². The Kier molecular flexibility index (Phi) is 4.02. The van der Waals surface area contributed by atoms with Crippen LogP contribution in [0.25, 0.3) is 0 Å². The Morgan fingerprint density at radius 1 is 1.29 bits per heavy atom. The van der Waals surface area contributed by atoms with Gasteiger partial charge in [-0.05, 0) is 37.3 Å². The molecule has 1 amide bonds. The number of amides is 1. The molecule has 0 saturated carbocycles. The van der Waals surface area contributed by atoms with Gasteiger partial charge in [0.05, 0.1) is 10.8 Å². The van der Waals surface area contributed by atoms with E-state index in [-0.39, 0.29) is 17.7 Å². The van der Waals surface area contributed by atoms with E-state index in [0.717, 1.165) is 17.7 Å². The Bertz CT molecular complexity index is 536. The summed E-state index contributed by atoms with van der Waals surface area (Å²) in [6.45, 7) is 2.88. The summed E-state index contributed by atoms with van der Waals surface area (Å²) in [6, 6.07) is 2.07. The van der Waals surface area contributed by atoms with Crippen LogP contribution in [0.3, 0.4) is 0 Å². The first-order valence-electron chi connectivity index (χ1n) is 7.70. The normalized spacial score (nSPS) is 20.3. The monoisotopic (exact) mass is 307 g/mol. The van der Waals surface area contributed by atoms with Crippen molar-refractivity contribution in [1.29, 1.82) is 0 Å². The molecule has 114 valence electrons. The van der Waals surface area contributed by atoms with E-state index in [1.807, 2.05) is 0 Å². The molecule has 0 spiro atoms. The number of carboxylic acid groups (broad SMARTS) is 1. The maximum absolute atomic E-state index is 12.5. The molecule has 1 saturated heterocycles. The highest BCUT2D eigenvalue weighted by molar-refractivity contribution is 7.14. The van der Waals surface area contributed by atoms with E-state index in [1.54, 1.807) is 23.2 Å². The largest absolute Gasteiger partial charge is 0.481 e. The quantitative estimate of drug-likeness (QED) is 0.874. The fourth-order valence-electron chi connectivity index (χ4n) is 3.13. The molecule has 0 radical (unpaired) electrons. The molecule has 3 rings (SSSR count). The van der Waals surface area contributed by atoms with Gasteiger partial charge in [-0.3, -0.25) is 9.59 Å². The Morgan fingerprint density at radius 2 is 2.00 bits per heavy atom. The van der Waals surface area contributed by atoms with Crippen molar-refractivity contribution in [1.82, 2.24) is 4.90 Å². The smallest absolute Gasteiger partial charge is 0.306 e. The Labute approximate surface area is 128 Å². The Morgan fingerprint density at radius 3 is 2.71 bits per heavy atom. The highest BCUT2D eigenvalue weighted by Gasteiger charge is 2.38. The molecule has 0 aromatic carbocycles. The summed E-state index contributed by atoms with van der Waals surface area (Å²) in [6.07, 6.45) is 5.93. The average Bonchev–Trinajstić information content (AvgIpc) is 2.68. The average molecular weight is 307 g/mol. The summed E-state index contributed by atoms with van der Waals surface area (Å²) >= 11 is 1.64. The van der Waals surface area contributed by atoms with Gasteiger partial charge in [0, 0.05) is 23.9 Å². The number of hydrogen-bond acceptors (Lipinski definition) is 3. The number of carbonyl (C=O) groups is 2. The second-order valence-electron chi connectivity index (χ2n) is 6.22. The van der Waals surface area contributed by atoms with E-state index in [0.29, 0.717) is 13.1 Å². The topological polar surface area (TPSA) is 57.6 Å². The van der Waals surface area contributed by atoms with Gasteiger partial charge in [-0.1, -0.05) is 13.3 Å². The van der Waals surface area contributed by atoms with Crippen LogP contribution in [-0.2, 0) is 17.6 Å². The molecule has 1 fully saturated rings. The Balaban J connectivity index is 1.64. The number of hydrogen-bond donors (Lipinski definition) is 1. The molecule has 1 N–H and O–H groups in total. The van der Waals surface area contributed by atoms with Gasteiger partial charge in [0.2, 0.25) is 0 Å². The summed E-state index contributed by atoms with van der Waals surface area (Å²) in [5.74, 6) is -0.949. The molecule has 4 nitrogen and oxygen atoms in total. The first kappa shape index (κ1) is 14.6. The van der Waals surface area contributed by atoms with Crippen molar-refractivity contribution in [3.8, 4) is 0 Å². The van der Waals surface area contributed by atoms with Crippen LogP contribution in [0.5, 0.6) is 0 Å². The van der Waals surface area contributed by atoms with Crippen LogP contribution < -0.4 is 0 Å². The predicted octanol–water partition coefficient (Wildman–Crippen LogP) is 2.81. The van der Waals surface area contributed by atoms with Crippen molar-refractivity contribution in [2.75, 3.05) is 13.1 Å². The molecule has 0 bridgehead atoms. The summed E-state index contributed by atoms with van der Waals surface area (Å²) in [5.41, 5.74) is 1.36. The number of aryl methyl sites for hydroxylation is 2. The lowest BCUT2D eigenvalue weighted by Gasteiger charge is -2.41. The van der Waals surface area contributed by atoms with Crippen molar-refractivity contribution < 1.29 is 14.7 Å².